The van der Waals surface area contributed by atoms with Gasteiger partial charge in [0.05, 0.1) is 28.8 Å². The molecule has 0 saturated heterocycles. The summed E-state index contributed by atoms with van der Waals surface area (Å²) >= 11 is 2.22. The van der Waals surface area contributed by atoms with Gasteiger partial charge in [-0.1, -0.05) is 55.2 Å². The first-order chi connectivity index (χ1) is 10.1. The van der Waals surface area contributed by atoms with Crippen LogP contribution in [0.5, 0.6) is 0 Å². The minimum absolute atomic E-state index is 0.0595. The van der Waals surface area contributed by atoms with Crippen LogP contribution in [-0.2, 0) is 14.0 Å². The Balaban J connectivity index is 3.24. The third-order valence-electron chi connectivity index (χ3n) is 4.48. The van der Waals surface area contributed by atoms with E-state index in [-0.39, 0.29) is 16.9 Å². The normalized spacial score (nSPS) is 19.3. The molecule has 0 radical (unpaired) electrons. The topological polar surface area (TPSA) is 35.5 Å². The molecule has 0 aromatic heterocycles. The highest BCUT2D eigenvalue weighted by Crippen LogP contribution is 2.41. The molecule has 1 rings (SSSR count). The summed E-state index contributed by atoms with van der Waals surface area (Å²) in [5.41, 5.74) is 0.649. The molecule has 0 spiro atoms. The Morgan fingerprint density at radius 3 is 2.55 bits per heavy atom. The number of alkyl halides is 1. The molecule has 0 saturated carbocycles. The molecule has 5 heteroatoms. The molecule has 0 bridgehead atoms. The maximum absolute atomic E-state index is 12.3. The quantitative estimate of drug-likeness (QED) is 0.213. The van der Waals surface area contributed by atoms with Gasteiger partial charge in [0.15, 0.2) is 0 Å². The maximum Gasteiger partial charge on any atom is 0.338 e. The summed E-state index contributed by atoms with van der Waals surface area (Å²) in [7, 11) is -0.542. The molecular weight excluding hydrogens is 407 g/mol. The molecule has 0 amide bonds. The minimum atomic E-state index is -1.97. The number of carbonyl (C=O) groups is 1. The van der Waals surface area contributed by atoms with E-state index in [1.54, 1.807) is 0 Å². The van der Waals surface area contributed by atoms with Crippen LogP contribution < -0.4 is 0 Å². The van der Waals surface area contributed by atoms with Crippen molar-refractivity contribution in [3.05, 3.63) is 11.3 Å². The summed E-state index contributed by atoms with van der Waals surface area (Å²) in [5, 5.41) is 0.0993. The van der Waals surface area contributed by atoms with E-state index in [4.69, 9.17) is 9.16 Å². The average molecular weight is 434 g/mol. The van der Waals surface area contributed by atoms with Gasteiger partial charge in [0.2, 0.25) is 8.32 Å². The van der Waals surface area contributed by atoms with Crippen LogP contribution in [-0.4, -0.2) is 25.8 Å². The maximum atomic E-state index is 12.3. The van der Waals surface area contributed by atoms with Gasteiger partial charge in [-0.3, -0.25) is 0 Å². The lowest BCUT2D eigenvalue weighted by molar-refractivity contribution is -0.136. The van der Waals surface area contributed by atoms with Crippen molar-refractivity contribution in [3.8, 4) is 11.8 Å². The molecule has 0 aliphatic heterocycles. The van der Waals surface area contributed by atoms with Gasteiger partial charge in [0.1, 0.15) is 0 Å². The van der Waals surface area contributed by atoms with Crippen LogP contribution in [0.3, 0.4) is 0 Å². The van der Waals surface area contributed by atoms with Gasteiger partial charge in [-0.2, -0.15) is 0 Å². The summed E-state index contributed by atoms with van der Waals surface area (Å²) in [6.07, 6.45) is 2.71. The predicted molar refractivity (Wildman–Crippen MR) is 101 cm³/mol. The van der Waals surface area contributed by atoms with Crippen LogP contribution in [0, 0.1) is 17.8 Å². The Morgan fingerprint density at radius 2 is 2.05 bits per heavy atom. The summed E-state index contributed by atoms with van der Waals surface area (Å²) in [6.45, 7) is 11.0. The number of hydrogen-bond acceptors (Lipinski definition) is 3. The zero-order chi connectivity index (χ0) is 17.0. The molecule has 1 aliphatic rings. The summed E-state index contributed by atoms with van der Waals surface area (Å²) in [5.74, 6) is 6.77. The molecule has 1 aliphatic carbocycles. The van der Waals surface area contributed by atoms with Gasteiger partial charge in [-0.25, -0.2) is 4.79 Å². The van der Waals surface area contributed by atoms with Gasteiger partial charge in [0.25, 0.3) is 0 Å². The fourth-order valence-electron chi connectivity index (χ4n) is 2.18. The molecule has 0 heterocycles. The lowest BCUT2D eigenvalue weighted by Gasteiger charge is -2.39. The summed E-state index contributed by atoms with van der Waals surface area (Å²) in [4.78, 5) is 12.3. The second-order valence-electron chi connectivity index (χ2n) is 7.09. The van der Waals surface area contributed by atoms with Crippen molar-refractivity contribution in [2.24, 2.45) is 5.92 Å². The van der Waals surface area contributed by atoms with Crippen LogP contribution in [0.4, 0.5) is 0 Å². The van der Waals surface area contributed by atoms with Gasteiger partial charge in [-0.05, 0) is 31.0 Å². The van der Waals surface area contributed by atoms with E-state index in [0.29, 0.717) is 5.57 Å². The molecule has 124 valence electrons. The van der Waals surface area contributed by atoms with Crippen molar-refractivity contribution in [1.29, 1.82) is 0 Å². The number of methoxy groups -OCH3 is 1. The standard InChI is InChI=1S/C17H27IO3Si/c1-17(2,3)22(5,6)21-14-11-7-9-13(10-8-12-18)15(14)16(19)20-4/h13H,7,9,11-12H2,1-6H3. The fourth-order valence-corrected chi connectivity index (χ4v) is 3.53. The van der Waals surface area contributed by atoms with Gasteiger partial charge >= 0.3 is 5.97 Å². The zero-order valence-corrected chi connectivity index (χ0v) is 17.7. The van der Waals surface area contributed by atoms with E-state index in [1.807, 2.05) is 0 Å². The molecular formula is C17H27IO3Si. The third-order valence-corrected chi connectivity index (χ3v) is 9.23. The summed E-state index contributed by atoms with van der Waals surface area (Å²) < 4.78 is 12.2. The molecule has 0 aromatic carbocycles. The van der Waals surface area contributed by atoms with Gasteiger partial charge < -0.3 is 9.16 Å². The van der Waals surface area contributed by atoms with Crippen LogP contribution in [0.15, 0.2) is 11.3 Å². The van der Waals surface area contributed by atoms with Crippen molar-refractivity contribution in [2.45, 2.75) is 58.2 Å². The second kappa shape index (κ2) is 7.87. The number of esters is 1. The van der Waals surface area contributed by atoms with Crippen LogP contribution in [0.1, 0.15) is 40.0 Å². The second-order valence-corrected chi connectivity index (χ2v) is 12.6. The van der Waals surface area contributed by atoms with Crippen molar-refractivity contribution >= 4 is 36.9 Å². The molecule has 0 N–H and O–H groups in total. The first-order valence-corrected chi connectivity index (χ1v) is 12.1. The number of carbonyl (C=O) groups excluding carboxylic acids is 1. The average Bonchev–Trinajstić information content (AvgIpc) is 2.42. The Kier molecular flexibility index (Phi) is 7.00. The SMILES string of the molecule is COC(=O)C1=C(O[Si](C)(C)C(C)(C)C)CCCC1C#CCI. The largest absolute Gasteiger partial charge is 0.546 e. The lowest BCUT2D eigenvalue weighted by atomic mass is 9.87. The highest BCUT2D eigenvalue weighted by atomic mass is 127. The van der Waals surface area contributed by atoms with E-state index < -0.39 is 8.32 Å². The zero-order valence-electron chi connectivity index (χ0n) is 14.5. The van der Waals surface area contributed by atoms with E-state index in [9.17, 15) is 4.79 Å². The minimum Gasteiger partial charge on any atom is -0.546 e. The first-order valence-electron chi connectivity index (χ1n) is 7.68. The third kappa shape index (κ3) is 4.75. The van der Waals surface area contributed by atoms with Crippen LogP contribution >= 0.6 is 22.6 Å². The number of allylic oxidation sites excluding steroid dienone is 1. The van der Waals surface area contributed by atoms with E-state index >= 15 is 0 Å². The Labute approximate surface area is 149 Å². The molecule has 22 heavy (non-hydrogen) atoms. The fraction of sp³-hybridized carbons (Fsp3) is 0.706. The van der Waals surface area contributed by atoms with Crippen molar-refractivity contribution in [1.82, 2.24) is 0 Å². The Hall–Kier alpha value is -0.483. The Morgan fingerprint density at radius 1 is 1.41 bits per heavy atom. The van der Waals surface area contributed by atoms with Gasteiger partial charge in [-0.15, -0.1) is 0 Å². The first kappa shape index (κ1) is 19.6. The highest BCUT2D eigenvalue weighted by molar-refractivity contribution is 14.1. The molecule has 1 unspecified atom stereocenters. The van der Waals surface area contributed by atoms with Crippen molar-refractivity contribution in [3.63, 3.8) is 0 Å². The number of halogens is 1. The Bertz CT molecular complexity index is 506. The molecule has 1 atom stereocenters. The predicted octanol–water partition coefficient (Wildman–Crippen LogP) is 4.67. The monoisotopic (exact) mass is 434 g/mol. The van der Waals surface area contributed by atoms with Crippen LogP contribution in [0.2, 0.25) is 18.1 Å². The summed E-state index contributed by atoms with van der Waals surface area (Å²) in [6, 6.07) is 0. The smallest absolute Gasteiger partial charge is 0.338 e. The number of ether oxygens (including phenoxy) is 1. The number of hydrogen-bond donors (Lipinski definition) is 0. The molecule has 0 fully saturated rings. The molecule has 0 aromatic rings. The van der Waals surface area contributed by atoms with Crippen LogP contribution in [0.25, 0.3) is 0 Å². The van der Waals surface area contributed by atoms with Crippen molar-refractivity contribution < 1.29 is 14.0 Å². The lowest BCUT2D eigenvalue weighted by Crippen LogP contribution is -2.41. The highest BCUT2D eigenvalue weighted by Gasteiger charge is 2.41. The van der Waals surface area contributed by atoms with E-state index in [0.717, 1.165) is 29.4 Å². The van der Waals surface area contributed by atoms with E-state index in [1.165, 1.54) is 7.11 Å². The molecule has 3 nitrogen and oxygen atoms in total. The number of rotatable bonds is 3. The van der Waals surface area contributed by atoms with Crippen molar-refractivity contribution in [2.75, 3.05) is 11.5 Å². The van der Waals surface area contributed by atoms with Gasteiger partial charge in [0, 0.05) is 6.42 Å². The van der Waals surface area contributed by atoms with E-state index in [2.05, 4.69) is 68.3 Å².